The predicted octanol–water partition coefficient (Wildman–Crippen LogP) is 4.75. The molecule has 2 atom stereocenters. The van der Waals surface area contributed by atoms with Crippen LogP contribution in [-0.2, 0) is 9.53 Å². The quantitative estimate of drug-likeness (QED) is 0.638. The summed E-state index contributed by atoms with van der Waals surface area (Å²) in [6.07, 6.45) is 6.43. The molecule has 0 saturated heterocycles. The molecule has 1 aliphatic heterocycles. The highest BCUT2D eigenvalue weighted by atomic mass is 16.5. The zero-order valence-electron chi connectivity index (χ0n) is 17.0. The zero-order chi connectivity index (χ0) is 21.6. The number of phenols is 2. The zero-order valence-corrected chi connectivity index (χ0v) is 17.0. The van der Waals surface area contributed by atoms with Crippen LogP contribution < -0.4 is 0 Å². The molecule has 2 aromatic rings. The maximum Gasteiger partial charge on any atom is 0.174 e. The number of pyridine rings is 1. The van der Waals surface area contributed by atoms with Crippen molar-refractivity contribution in [2.24, 2.45) is 0 Å². The van der Waals surface area contributed by atoms with Crippen LogP contribution in [-0.4, -0.2) is 26.1 Å². The molecule has 3 N–H and O–H groups in total. The maximum absolute atomic E-state index is 13.4. The lowest BCUT2D eigenvalue weighted by atomic mass is 9.74. The number of aromatic hydroxyl groups is 2. The van der Waals surface area contributed by atoms with E-state index in [1.165, 1.54) is 18.4 Å². The number of hydrogen-bond donors (Lipinski definition) is 3. The molecule has 30 heavy (non-hydrogen) atoms. The molecular formula is C24H23NO5. The Kier molecular flexibility index (Phi) is 4.86. The molecule has 4 rings (SSSR count). The van der Waals surface area contributed by atoms with E-state index in [1.807, 2.05) is 26.0 Å². The Morgan fingerprint density at radius 2 is 1.87 bits per heavy atom. The summed E-state index contributed by atoms with van der Waals surface area (Å²) in [5.41, 5.74) is 3.77. The fraction of sp³-hybridized carbons (Fsp3) is 0.250. The summed E-state index contributed by atoms with van der Waals surface area (Å²) in [7, 11) is 0. The summed E-state index contributed by atoms with van der Waals surface area (Å²) in [6, 6.07) is 4.67. The van der Waals surface area contributed by atoms with Gasteiger partial charge in [0.05, 0.1) is 23.3 Å². The number of fused-ring (bicyclic) bond motifs is 3. The molecule has 1 aliphatic carbocycles. The van der Waals surface area contributed by atoms with Crippen LogP contribution in [0, 0.1) is 6.92 Å². The van der Waals surface area contributed by atoms with E-state index in [4.69, 9.17) is 4.74 Å². The van der Waals surface area contributed by atoms with Gasteiger partial charge in [0.25, 0.3) is 0 Å². The second-order valence-electron chi connectivity index (χ2n) is 7.89. The molecule has 2 unspecified atom stereocenters. The van der Waals surface area contributed by atoms with Crippen LogP contribution in [0.4, 0.5) is 0 Å². The van der Waals surface area contributed by atoms with E-state index in [-0.39, 0.29) is 34.2 Å². The van der Waals surface area contributed by atoms with Crippen molar-refractivity contribution in [1.29, 1.82) is 0 Å². The van der Waals surface area contributed by atoms with Gasteiger partial charge in [0.15, 0.2) is 11.9 Å². The number of ketones is 1. The molecule has 0 amide bonds. The number of allylic oxidation sites excluding steroid dienone is 3. The Balaban J connectivity index is 1.85. The predicted molar refractivity (Wildman–Crippen MR) is 112 cm³/mol. The number of nitrogens with zero attached hydrogens (tertiary/aromatic N) is 1. The third kappa shape index (κ3) is 3.14. The molecule has 0 radical (unpaired) electrons. The number of hydrogen-bond acceptors (Lipinski definition) is 6. The number of aromatic nitrogens is 1. The van der Waals surface area contributed by atoms with Gasteiger partial charge in [-0.1, -0.05) is 11.6 Å². The van der Waals surface area contributed by atoms with Gasteiger partial charge < -0.3 is 20.1 Å². The minimum Gasteiger partial charge on any atom is -0.508 e. The number of aliphatic hydroxyl groups excluding tert-OH is 1. The first-order valence-corrected chi connectivity index (χ1v) is 9.73. The minimum absolute atomic E-state index is 0.114. The van der Waals surface area contributed by atoms with Gasteiger partial charge >= 0.3 is 0 Å². The second kappa shape index (κ2) is 7.37. The van der Waals surface area contributed by atoms with Crippen LogP contribution in [0.5, 0.6) is 11.5 Å². The van der Waals surface area contributed by atoms with Crippen molar-refractivity contribution >= 4 is 11.4 Å². The molecule has 0 spiro atoms. The van der Waals surface area contributed by atoms with Gasteiger partial charge in [-0.25, -0.2) is 0 Å². The van der Waals surface area contributed by atoms with Crippen LogP contribution in [0.3, 0.4) is 0 Å². The number of aliphatic hydroxyl groups is 1. The average Bonchev–Trinajstić information content (AvgIpc) is 2.71. The first-order valence-electron chi connectivity index (χ1n) is 9.73. The van der Waals surface area contributed by atoms with Crippen LogP contribution >= 0.6 is 0 Å². The van der Waals surface area contributed by atoms with Crippen molar-refractivity contribution in [3.63, 3.8) is 0 Å². The number of Topliss-reactive ketones (excluding diaryl/α,β-unsaturated/α-hetero) is 1. The Labute approximate surface area is 174 Å². The van der Waals surface area contributed by atoms with Gasteiger partial charge in [-0.15, -0.1) is 0 Å². The number of carbonyl (C=O) groups is 1. The van der Waals surface area contributed by atoms with E-state index in [2.05, 4.69) is 4.98 Å². The van der Waals surface area contributed by atoms with Crippen LogP contribution in [0.15, 0.2) is 59.8 Å². The highest BCUT2D eigenvalue weighted by Gasteiger charge is 2.43. The highest BCUT2D eigenvalue weighted by Crippen LogP contribution is 2.47. The molecule has 2 aliphatic rings. The summed E-state index contributed by atoms with van der Waals surface area (Å²) >= 11 is 0. The van der Waals surface area contributed by atoms with Gasteiger partial charge in [0.2, 0.25) is 0 Å². The normalized spacial score (nSPS) is 20.1. The van der Waals surface area contributed by atoms with Crippen LogP contribution in [0.2, 0.25) is 0 Å². The van der Waals surface area contributed by atoms with E-state index in [1.54, 1.807) is 19.3 Å². The molecule has 1 aromatic heterocycles. The summed E-state index contributed by atoms with van der Waals surface area (Å²) in [5, 5.41) is 31.2. The maximum atomic E-state index is 13.4. The Morgan fingerprint density at radius 1 is 1.17 bits per heavy atom. The van der Waals surface area contributed by atoms with Gasteiger partial charge in [-0.05, 0) is 56.5 Å². The first kappa shape index (κ1) is 19.8. The molecule has 0 fully saturated rings. The van der Waals surface area contributed by atoms with Crippen LogP contribution in [0.25, 0.3) is 5.57 Å². The van der Waals surface area contributed by atoms with Crippen molar-refractivity contribution in [2.45, 2.75) is 39.2 Å². The Hall–Kier alpha value is -3.54. The third-order valence-electron chi connectivity index (χ3n) is 5.65. The van der Waals surface area contributed by atoms with Crippen molar-refractivity contribution in [3.8, 4) is 11.5 Å². The monoisotopic (exact) mass is 405 g/mol. The SMILES string of the molecule is CC(C)=CCC1C(=O)C2=C(O)C(c3cc(O)c(C)c(O)c3)=COC2c2cnccc21. The molecule has 2 heterocycles. The van der Waals surface area contributed by atoms with Crippen molar-refractivity contribution in [2.75, 3.05) is 0 Å². The van der Waals surface area contributed by atoms with Crippen molar-refractivity contribution in [1.82, 2.24) is 4.98 Å². The standard InChI is InChI=1S/C24H23NO5/c1-12(2)4-5-16-15-6-7-25-10-17(15)24-21(22(16)28)23(29)18(11-30-24)14-8-19(26)13(3)20(27)9-14/h4,6-11,16,24,26-27,29H,5H2,1-3H3. The van der Waals surface area contributed by atoms with E-state index in [0.29, 0.717) is 17.5 Å². The Bertz CT molecular complexity index is 1120. The summed E-state index contributed by atoms with van der Waals surface area (Å²) in [5.74, 6) is -1.10. The molecule has 0 saturated carbocycles. The summed E-state index contributed by atoms with van der Waals surface area (Å²) in [4.78, 5) is 17.6. The van der Waals surface area contributed by atoms with E-state index >= 15 is 0 Å². The molecule has 1 aromatic carbocycles. The molecule has 154 valence electrons. The van der Waals surface area contributed by atoms with Gasteiger partial charge in [0, 0.05) is 23.5 Å². The van der Waals surface area contributed by atoms with Gasteiger partial charge in [0.1, 0.15) is 17.3 Å². The fourth-order valence-corrected chi connectivity index (χ4v) is 3.92. The minimum atomic E-state index is -0.749. The number of benzene rings is 1. The largest absolute Gasteiger partial charge is 0.508 e. The highest BCUT2D eigenvalue weighted by molar-refractivity contribution is 6.06. The summed E-state index contributed by atoms with van der Waals surface area (Å²) in [6.45, 7) is 5.53. The number of carbonyl (C=O) groups excluding carboxylic acids is 1. The first-order chi connectivity index (χ1) is 14.3. The lowest BCUT2D eigenvalue weighted by Crippen LogP contribution is -2.30. The van der Waals surface area contributed by atoms with Gasteiger partial charge in [-0.2, -0.15) is 0 Å². The summed E-state index contributed by atoms with van der Waals surface area (Å²) < 4.78 is 5.88. The molecule has 6 heteroatoms. The molecular weight excluding hydrogens is 382 g/mol. The topological polar surface area (TPSA) is 99.9 Å². The molecule has 0 bridgehead atoms. The van der Waals surface area contributed by atoms with E-state index in [9.17, 15) is 20.1 Å². The van der Waals surface area contributed by atoms with Gasteiger partial charge in [-0.3, -0.25) is 9.78 Å². The van der Waals surface area contributed by atoms with E-state index < -0.39 is 12.0 Å². The molecule has 6 nitrogen and oxygen atoms in total. The smallest absolute Gasteiger partial charge is 0.174 e. The number of phenolic OH excluding ortho intramolecular Hbond substituents is 2. The van der Waals surface area contributed by atoms with Crippen molar-refractivity contribution in [3.05, 3.63) is 82.1 Å². The number of ether oxygens (including phenoxy) is 1. The number of rotatable bonds is 3. The van der Waals surface area contributed by atoms with Crippen LogP contribution in [0.1, 0.15) is 54.5 Å². The Morgan fingerprint density at radius 3 is 2.53 bits per heavy atom. The lowest BCUT2D eigenvalue weighted by Gasteiger charge is -2.34. The fourth-order valence-electron chi connectivity index (χ4n) is 3.92. The third-order valence-corrected chi connectivity index (χ3v) is 5.65. The average molecular weight is 405 g/mol. The van der Waals surface area contributed by atoms with E-state index in [0.717, 1.165) is 16.7 Å². The van der Waals surface area contributed by atoms with Crippen molar-refractivity contribution < 1.29 is 24.9 Å². The second-order valence-corrected chi connectivity index (χ2v) is 7.89. The lowest BCUT2D eigenvalue weighted by molar-refractivity contribution is -0.119.